The zero-order valence-electron chi connectivity index (χ0n) is 21.2. The van der Waals surface area contributed by atoms with E-state index in [1.54, 1.807) is 11.5 Å². The van der Waals surface area contributed by atoms with Crippen LogP contribution in [0.4, 0.5) is 0 Å². The lowest BCUT2D eigenvalue weighted by molar-refractivity contribution is -0.139. The fourth-order valence-corrected chi connectivity index (χ4v) is 6.06. The minimum atomic E-state index is -0.596. The maximum Gasteiger partial charge on any atom is 0.338 e. The molecule has 6 nitrogen and oxygen atoms in total. The molecule has 0 amide bonds. The van der Waals surface area contributed by atoms with E-state index >= 15 is 0 Å². The molecule has 1 aliphatic heterocycles. The highest BCUT2D eigenvalue weighted by Crippen LogP contribution is 2.31. The zero-order chi connectivity index (χ0) is 25.6. The standard InChI is InChI=1S/C29H29N3O3S/c1-6-31-19(5)22(21-10-8-9-11-23(21)31)16-24-27(33)32-26(20-14-12-17(3)13-15-20)25(28(34)35-7-2)18(4)30-29(32)36-24/h8-16,26H,6-7H2,1-5H3/b24-16-/t26-/m1/s1. The number of fused-ring (bicyclic) bond motifs is 2. The van der Waals surface area contributed by atoms with Gasteiger partial charge in [-0.1, -0.05) is 59.4 Å². The third kappa shape index (κ3) is 3.84. The lowest BCUT2D eigenvalue weighted by Crippen LogP contribution is -2.39. The lowest BCUT2D eigenvalue weighted by atomic mass is 9.95. The van der Waals surface area contributed by atoms with Gasteiger partial charge in [-0.3, -0.25) is 9.36 Å². The van der Waals surface area contributed by atoms with Crippen molar-refractivity contribution in [1.29, 1.82) is 0 Å². The zero-order valence-corrected chi connectivity index (χ0v) is 22.0. The summed E-state index contributed by atoms with van der Waals surface area (Å²) in [6, 6.07) is 15.6. The number of aromatic nitrogens is 2. The number of aryl methyl sites for hydroxylation is 2. The molecular formula is C29H29N3O3S. The van der Waals surface area contributed by atoms with Gasteiger partial charge in [-0.15, -0.1) is 0 Å². The van der Waals surface area contributed by atoms with Crippen LogP contribution in [0.5, 0.6) is 0 Å². The van der Waals surface area contributed by atoms with Crippen molar-refractivity contribution in [3.8, 4) is 0 Å². The number of para-hydroxylation sites is 1. The molecule has 0 saturated heterocycles. The van der Waals surface area contributed by atoms with E-state index in [9.17, 15) is 9.59 Å². The van der Waals surface area contributed by atoms with E-state index < -0.39 is 12.0 Å². The maximum absolute atomic E-state index is 13.9. The van der Waals surface area contributed by atoms with E-state index in [0.717, 1.165) is 39.8 Å². The number of carbonyl (C=O) groups excluding carboxylic acids is 1. The van der Waals surface area contributed by atoms with Crippen LogP contribution in [0.3, 0.4) is 0 Å². The molecule has 5 rings (SSSR count). The highest BCUT2D eigenvalue weighted by Gasteiger charge is 2.33. The van der Waals surface area contributed by atoms with Crippen molar-refractivity contribution >= 4 is 34.3 Å². The van der Waals surface area contributed by atoms with Crippen LogP contribution in [-0.4, -0.2) is 21.7 Å². The highest BCUT2D eigenvalue weighted by atomic mass is 32.1. The molecule has 1 aliphatic rings. The Morgan fingerprint density at radius 1 is 1.08 bits per heavy atom. The fraction of sp³-hybridized carbons (Fsp3) is 0.276. The van der Waals surface area contributed by atoms with E-state index in [1.165, 1.54) is 11.3 Å². The number of hydrogen-bond acceptors (Lipinski definition) is 5. The normalized spacial score (nSPS) is 15.8. The fourth-order valence-electron chi connectivity index (χ4n) is 5.03. The molecule has 2 aromatic carbocycles. The third-order valence-electron chi connectivity index (χ3n) is 6.78. The Labute approximate surface area is 213 Å². The van der Waals surface area contributed by atoms with Crippen molar-refractivity contribution in [1.82, 2.24) is 9.13 Å². The number of benzene rings is 2. The minimum absolute atomic E-state index is 0.161. The molecule has 0 radical (unpaired) electrons. The Hall–Kier alpha value is -3.71. The number of allylic oxidation sites excluding steroid dienone is 1. The van der Waals surface area contributed by atoms with Crippen molar-refractivity contribution in [2.24, 2.45) is 4.99 Å². The number of carbonyl (C=O) groups is 1. The molecule has 1 atom stereocenters. The molecule has 0 N–H and O–H groups in total. The van der Waals surface area contributed by atoms with E-state index in [-0.39, 0.29) is 12.2 Å². The van der Waals surface area contributed by atoms with Gasteiger partial charge in [0.2, 0.25) is 0 Å². The van der Waals surface area contributed by atoms with Crippen LogP contribution in [0.25, 0.3) is 17.0 Å². The Morgan fingerprint density at radius 3 is 2.50 bits per heavy atom. The van der Waals surface area contributed by atoms with Gasteiger partial charge in [0.15, 0.2) is 4.80 Å². The van der Waals surface area contributed by atoms with Crippen molar-refractivity contribution in [3.05, 3.63) is 102 Å². The summed E-state index contributed by atoms with van der Waals surface area (Å²) in [4.78, 5) is 32.2. The molecule has 4 aromatic rings. The third-order valence-corrected chi connectivity index (χ3v) is 7.76. The van der Waals surface area contributed by atoms with Gasteiger partial charge in [0.05, 0.1) is 28.5 Å². The molecule has 0 fully saturated rings. The Balaban J connectivity index is 1.77. The summed E-state index contributed by atoms with van der Waals surface area (Å²) in [7, 11) is 0. The second-order valence-corrected chi connectivity index (χ2v) is 9.98. The first kappa shape index (κ1) is 24.0. The Kier molecular flexibility index (Phi) is 6.26. The van der Waals surface area contributed by atoms with Crippen molar-refractivity contribution in [2.75, 3.05) is 6.61 Å². The van der Waals surface area contributed by atoms with E-state index in [2.05, 4.69) is 35.5 Å². The number of nitrogens with zero attached hydrogens (tertiary/aromatic N) is 3. The Morgan fingerprint density at radius 2 is 1.81 bits per heavy atom. The van der Waals surface area contributed by atoms with Gasteiger partial charge >= 0.3 is 5.97 Å². The summed E-state index contributed by atoms with van der Waals surface area (Å²) < 4.78 is 9.88. The largest absolute Gasteiger partial charge is 0.463 e. The van der Waals surface area contributed by atoms with E-state index in [4.69, 9.17) is 4.74 Å². The van der Waals surface area contributed by atoms with Gasteiger partial charge < -0.3 is 9.30 Å². The van der Waals surface area contributed by atoms with Crippen LogP contribution in [0.1, 0.15) is 49.2 Å². The van der Waals surface area contributed by atoms with E-state index in [0.29, 0.717) is 20.6 Å². The first-order valence-corrected chi connectivity index (χ1v) is 13.0. The molecule has 0 bridgehead atoms. The van der Waals surface area contributed by atoms with Gasteiger partial charge in [0, 0.05) is 28.7 Å². The average Bonchev–Trinajstić information content (AvgIpc) is 3.31. The van der Waals surface area contributed by atoms with Gasteiger partial charge in [-0.25, -0.2) is 9.79 Å². The van der Waals surface area contributed by atoms with Crippen LogP contribution in [0.15, 0.2) is 69.6 Å². The summed E-state index contributed by atoms with van der Waals surface area (Å²) in [6.07, 6.45) is 1.98. The Bertz CT molecular complexity index is 1700. The monoisotopic (exact) mass is 499 g/mol. The first-order valence-electron chi connectivity index (χ1n) is 12.2. The van der Waals surface area contributed by atoms with Gasteiger partial charge in [-0.05, 0) is 52.3 Å². The van der Waals surface area contributed by atoms with Gasteiger partial charge in [0.25, 0.3) is 5.56 Å². The van der Waals surface area contributed by atoms with Crippen LogP contribution in [0, 0.1) is 13.8 Å². The van der Waals surface area contributed by atoms with Crippen LogP contribution in [0.2, 0.25) is 0 Å². The molecule has 0 aliphatic carbocycles. The SMILES string of the molecule is CCOC(=O)C1=C(C)N=c2s/c(=C\c3c(C)n(CC)c4ccccc34)c(=O)n2[C@@H]1c1ccc(C)cc1. The second-order valence-electron chi connectivity index (χ2n) is 8.97. The topological polar surface area (TPSA) is 65.6 Å². The summed E-state index contributed by atoms with van der Waals surface area (Å²) in [5.41, 5.74) is 6.07. The smallest absolute Gasteiger partial charge is 0.338 e. The van der Waals surface area contributed by atoms with Crippen molar-refractivity contribution in [3.63, 3.8) is 0 Å². The predicted octanol–water partition coefficient (Wildman–Crippen LogP) is 4.39. The molecule has 2 aromatic heterocycles. The summed E-state index contributed by atoms with van der Waals surface area (Å²) in [5, 5.41) is 1.11. The molecule has 0 unspecified atom stereocenters. The number of rotatable bonds is 5. The molecular weight excluding hydrogens is 470 g/mol. The number of hydrogen-bond donors (Lipinski definition) is 0. The molecule has 7 heteroatoms. The summed E-state index contributed by atoms with van der Waals surface area (Å²) in [5.74, 6) is -0.444. The highest BCUT2D eigenvalue weighted by molar-refractivity contribution is 7.07. The number of esters is 1. The van der Waals surface area contributed by atoms with Crippen LogP contribution in [-0.2, 0) is 16.1 Å². The second kappa shape index (κ2) is 9.39. The molecule has 36 heavy (non-hydrogen) atoms. The summed E-state index contributed by atoms with van der Waals surface area (Å²) >= 11 is 1.36. The van der Waals surface area contributed by atoms with Crippen LogP contribution < -0.4 is 14.9 Å². The predicted molar refractivity (Wildman–Crippen MR) is 144 cm³/mol. The lowest BCUT2D eigenvalue weighted by Gasteiger charge is -2.24. The molecule has 184 valence electrons. The minimum Gasteiger partial charge on any atom is -0.463 e. The van der Waals surface area contributed by atoms with E-state index in [1.807, 2.05) is 56.3 Å². The first-order chi connectivity index (χ1) is 17.3. The van der Waals surface area contributed by atoms with Gasteiger partial charge in [-0.2, -0.15) is 0 Å². The van der Waals surface area contributed by atoms with Crippen molar-refractivity contribution in [2.45, 2.75) is 47.2 Å². The molecule has 0 saturated carbocycles. The van der Waals surface area contributed by atoms with Crippen LogP contribution >= 0.6 is 11.3 Å². The number of ether oxygens (including phenoxy) is 1. The average molecular weight is 500 g/mol. The molecule has 3 heterocycles. The van der Waals surface area contributed by atoms with Gasteiger partial charge in [0.1, 0.15) is 0 Å². The van der Waals surface area contributed by atoms with Crippen molar-refractivity contribution < 1.29 is 9.53 Å². The maximum atomic E-state index is 13.9. The number of thiazole rings is 1. The molecule has 0 spiro atoms. The quantitative estimate of drug-likeness (QED) is 0.383. The summed E-state index contributed by atoms with van der Waals surface area (Å²) in [6.45, 7) is 10.9.